The van der Waals surface area contributed by atoms with E-state index in [1.807, 2.05) is 0 Å². The van der Waals surface area contributed by atoms with Gasteiger partial charge in [0.2, 0.25) is 0 Å². The molecule has 0 fully saturated rings. The van der Waals surface area contributed by atoms with Crippen LogP contribution in [0.5, 0.6) is 0 Å². The lowest BCUT2D eigenvalue weighted by Crippen LogP contribution is -1.95. The molecule has 1 N–H and O–H groups in total. The fraction of sp³-hybridized carbons (Fsp3) is 0. The van der Waals surface area contributed by atoms with Crippen molar-refractivity contribution in [3.05, 3.63) is 42.0 Å². The Balaban J connectivity index is 2.33. The SMILES string of the molecule is N#CNc1ccc(-c2ccc(F)c(F)c2)nn1. The zero-order valence-corrected chi connectivity index (χ0v) is 8.48. The maximum absolute atomic E-state index is 13.0. The van der Waals surface area contributed by atoms with Crippen LogP contribution in [0.1, 0.15) is 0 Å². The van der Waals surface area contributed by atoms with Crippen LogP contribution in [0.2, 0.25) is 0 Å². The van der Waals surface area contributed by atoms with E-state index in [9.17, 15) is 8.78 Å². The molecular formula is C11H6F2N4. The Bertz CT molecular complexity index is 575. The number of hydrogen-bond donors (Lipinski definition) is 1. The topological polar surface area (TPSA) is 61.6 Å². The molecule has 0 aliphatic heterocycles. The summed E-state index contributed by atoms with van der Waals surface area (Å²) in [4.78, 5) is 0. The molecule has 6 heteroatoms. The number of halogens is 2. The van der Waals surface area contributed by atoms with Gasteiger partial charge in [-0.15, -0.1) is 10.2 Å². The summed E-state index contributed by atoms with van der Waals surface area (Å²) < 4.78 is 25.7. The zero-order chi connectivity index (χ0) is 12.3. The van der Waals surface area contributed by atoms with Crippen molar-refractivity contribution in [1.82, 2.24) is 10.2 Å². The molecule has 0 saturated heterocycles. The van der Waals surface area contributed by atoms with E-state index >= 15 is 0 Å². The van der Waals surface area contributed by atoms with Gasteiger partial charge in [0.05, 0.1) is 5.69 Å². The van der Waals surface area contributed by atoms with Crippen LogP contribution in [0.3, 0.4) is 0 Å². The first-order valence-corrected chi connectivity index (χ1v) is 4.65. The lowest BCUT2D eigenvalue weighted by Gasteiger charge is -2.01. The third-order valence-electron chi connectivity index (χ3n) is 2.06. The predicted octanol–water partition coefficient (Wildman–Crippen LogP) is 2.31. The highest BCUT2D eigenvalue weighted by Gasteiger charge is 2.06. The van der Waals surface area contributed by atoms with Gasteiger partial charge in [0.25, 0.3) is 0 Å². The van der Waals surface area contributed by atoms with Crippen LogP contribution < -0.4 is 5.32 Å². The van der Waals surface area contributed by atoms with Gasteiger partial charge in [-0.05, 0) is 30.3 Å². The second kappa shape index (κ2) is 4.53. The Labute approximate surface area is 95.5 Å². The van der Waals surface area contributed by atoms with Crippen LogP contribution >= 0.6 is 0 Å². The number of benzene rings is 1. The number of nitrogens with one attached hydrogen (secondary N) is 1. The predicted molar refractivity (Wildman–Crippen MR) is 56.6 cm³/mol. The summed E-state index contributed by atoms with van der Waals surface area (Å²) in [5.74, 6) is -1.56. The molecule has 0 bridgehead atoms. The summed E-state index contributed by atoms with van der Waals surface area (Å²) in [6.45, 7) is 0. The molecule has 4 nitrogen and oxygen atoms in total. The summed E-state index contributed by atoms with van der Waals surface area (Å²) in [5.41, 5.74) is 0.812. The van der Waals surface area contributed by atoms with Gasteiger partial charge in [0, 0.05) is 5.56 Å². The molecule has 1 heterocycles. The second-order valence-electron chi connectivity index (χ2n) is 3.17. The quantitative estimate of drug-likeness (QED) is 0.637. The Morgan fingerprint density at radius 1 is 1.06 bits per heavy atom. The molecule has 0 spiro atoms. The van der Waals surface area contributed by atoms with Gasteiger partial charge in [0.1, 0.15) is 0 Å². The van der Waals surface area contributed by atoms with Gasteiger partial charge in [-0.25, -0.2) is 8.78 Å². The molecule has 2 rings (SSSR count). The molecule has 2 aromatic rings. The molecular weight excluding hydrogens is 226 g/mol. The normalized spacial score (nSPS) is 9.71. The maximum atomic E-state index is 13.0. The van der Waals surface area contributed by atoms with Gasteiger partial charge < -0.3 is 0 Å². The fourth-order valence-corrected chi connectivity index (χ4v) is 1.27. The number of hydrogen-bond acceptors (Lipinski definition) is 4. The van der Waals surface area contributed by atoms with Gasteiger partial charge in [-0.2, -0.15) is 5.26 Å². The van der Waals surface area contributed by atoms with Crippen LogP contribution in [-0.4, -0.2) is 10.2 Å². The number of nitriles is 1. The van der Waals surface area contributed by atoms with Gasteiger partial charge in [-0.1, -0.05) is 0 Å². The average molecular weight is 232 g/mol. The standard InChI is InChI=1S/C11H6F2N4/c12-8-2-1-7(5-9(8)13)10-3-4-11(15-6-14)17-16-10/h1-5H,(H,15,17). The average Bonchev–Trinajstić information content (AvgIpc) is 2.34. The first-order chi connectivity index (χ1) is 8.20. The smallest absolute Gasteiger partial charge is 0.182 e. The van der Waals surface area contributed by atoms with Gasteiger partial charge in [0.15, 0.2) is 23.6 Å². The van der Waals surface area contributed by atoms with E-state index < -0.39 is 11.6 Å². The molecule has 1 aromatic heterocycles. The van der Waals surface area contributed by atoms with Crippen LogP contribution in [0.15, 0.2) is 30.3 Å². The molecule has 0 aliphatic rings. The van der Waals surface area contributed by atoms with Crippen LogP contribution in [0.4, 0.5) is 14.6 Å². The van der Waals surface area contributed by atoms with E-state index in [-0.39, 0.29) is 0 Å². The molecule has 0 radical (unpaired) electrons. The highest BCUT2D eigenvalue weighted by Crippen LogP contribution is 2.19. The maximum Gasteiger partial charge on any atom is 0.182 e. The Kier molecular flexibility index (Phi) is 2.92. The summed E-state index contributed by atoms with van der Waals surface area (Å²) in [6.07, 6.45) is 1.70. The van der Waals surface area contributed by atoms with Crippen molar-refractivity contribution < 1.29 is 8.78 Å². The molecule has 17 heavy (non-hydrogen) atoms. The van der Waals surface area contributed by atoms with Crippen LogP contribution in [0.25, 0.3) is 11.3 Å². The first kappa shape index (κ1) is 11.0. The van der Waals surface area contributed by atoms with Crippen molar-refractivity contribution in [2.45, 2.75) is 0 Å². The molecule has 0 saturated carbocycles. The summed E-state index contributed by atoms with van der Waals surface area (Å²) >= 11 is 0. The number of nitrogens with zero attached hydrogens (tertiary/aromatic N) is 3. The summed E-state index contributed by atoms with van der Waals surface area (Å²) in [7, 11) is 0. The molecule has 84 valence electrons. The minimum atomic E-state index is -0.941. The highest BCUT2D eigenvalue weighted by atomic mass is 19.2. The lowest BCUT2D eigenvalue weighted by atomic mass is 10.1. The van der Waals surface area contributed by atoms with Crippen LogP contribution in [0, 0.1) is 23.1 Å². The van der Waals surface area contributed by atoms with Crippen molar-refractivity contribution in [2.75, 3.05) is 5.32 Å². The third kappa shape index (κ3) is 2.34. The molecule has 0 unspecified atom stereocenters. The number of aromatic nitrogens is 2. The van der Waals surface area contributed by atoms with E-state index in [1.165, 1.54) is 12.1 Å². The van der Waals surface area contributed by atoms with Crippen molar-refractivity contribution >= 4 is 5.82 Å². The molecule has 0 aliphatic carbocycles. The van der Waals surface area contributed by atoms with Crippen molar-refractivity contribution in [3.63, 3.8) is 0 Å². The van der Waals surface area contributed by atoms with Crippen molar-refractivity contribution in [3.8, 4) is 17.5 Å². The van der Waals surface area contributed by atoms with Crippen molar-refractivity contribution in [2.24, 2.45) is 0 Å². The third-order valence-corrected chi connectivity index (χ3v) is 2.06. The summed E-state index contributed by atoms with van der Waals surface area (Å²) in [5, 5.41) is 18.1. The lowest BCUT2D eigenvalue weighted by molar-refractivity contribution is 0.509. The van der Waals surface area contributed by atoms with E-state index in [1.54, 1.807) is 12.3 Å². The number of rotatable bonds is 2. The summed E-state index contributed by atoms with van der Waals surface area (Å²) in [6, 6.07) is 6.54. The number of anilines is 1. The minimum Gasteiger partial charge on any atom is -0.275 e. The van der Waals surface area contributed by atoms with E-state index in [4.69, 9.17) is 5.26 Å². The Hall–Kier alpha value is -2.55. The van der Waals surface area contributed by atoms with E-state index in [2.05, 4.69) is 15.5 Å². The highest BCUT2D eigenvalue weighted by molar-refractivity contribution is 5.59. The van der Waals surface area contributed by atoms with Gasteiger partial charge in [-0.3, -0.25) is 5.32 Å². The van der Waals surface area contributed by atoms with E-state index in [0.29, 0.717) is 17.1 Å². The van der Waals surface area contributed by atoms with E-state index in [0.717, 1.165) is 12.1 Å². The Morgan fingerprint density at radius 3 is 2.47 bits per heavy atom. The fourth-order valence-electron chi connectivity index (χ4n) is 1.27. The first-order valence-electron chi connectivity index (χ1n) is 4.65. The largest absolute Gasteiger partial charge is 0.275 e. The van der Waals surface area contributed by atoms with Gasteiger partial charge >= 0.3 is 0 Å². The minimum absolute atomic E-state index is 0.291. The molecule has 1 aromatic carbocycles. The Morgan fingerprint density at radius 2 is 1.88 bits per heavy atom. The van der Waals surface area contributed by atoms with Crippen LogP contribution in [-0.2, 0) is 0 Å². The van der Waals surface area contributed by atoms with Crippen molar-refractivity contribution in [1.29, 1.82) is 5.26 Å². The molecule has 0 amide bonds. The second-order valence-corrected chi connectivity index (χ2v) is 3.17. The zero-order valence-electron chi connectivity index (χ0n) is 8.48. The monoisotopic (exact) mass is 232 g/mol. The molecule has 0 atom stereocenters.